The van der Waals surface area contributed by atoms with E-state index in [2.05, 4.69) is 42.5 Å². The van der Waals surface area contributed by atoms with Gasteiger partial charge in [0.25, 0.3) is 0 Å². The van der Waals surface area contributed by atoms with Crippen LogP contribution in [0.4, 0.5) is 0 Å². The van der Waals surface area contributed by atoms with Gasteiger partial charge >= 0.3 is 5.97 Å². The molecule has 0 saturated carbocycles. The number of amides is 16. The number of likely N-dealkylation sites (tertiary alicyclic amines) is 4. The second-order valence-electron chi connectivity index (χ2n) is 26.8. The fraction of sp³-hybridized carbons (Fsp3) is 0.574. The van der Waals surface area contributed by atoms with Crippen molar-refractivity contribution in [1.29, 1.82) is 0 Å². The smallest absolute Gasteiger partial charge is 0.326 e. The molecule has 4 aliphatic heterocycles. The van der Waals surface area contributed by atoms with Gasteiger partial charge in [-0.25, -0.2) is 4.79 Å². The van der Waals surface area contributed by atoms with Gasteiger partial charge in [-0.15, -0.1) is 0 Å². The highest BCUT2D eigenvalue weighted by Gasteiger charge is 2.47. The summed E-state index contributed by atoms with van der Waals surface area (Å²) in [6.07, 6.45) is -1.58. The van der Waals surface area contributed by atoms with Gasteiger partial charge in [0.1, 0.15) is 66.2 Å². The Kier molecular flexibility index (Phi) is 31.3. The molecular formula is C68H97N17O19. The quantitative estimate of drug-likeness (QED) is 0.0297. The molecule has 104 heavy (non-hydrogen) atoms. The van der Waals surface area contributed by atoms with Crippen molar-refractivity contribution in [2.45, 2.75) is 202 Å². The number of aromatic hydroxyl groups is 1. The number of carbonyl (C=O) groups excluding carboxylic acids is 16. The number of carbonyl (C=O) groups is 17. The number of nitrogens with zero attached hydrogens (tertiary/aromatic N) is 4. The third-order valence-electron chi connectivity index (χ3n) is 18.4. The molecule has 36 nitrogen and oxygen atoms in total. The molecule has 0 bridgehead atoms. The van der Waals surface area contributed by atoms with Crippen LogP contribution >= 0.6 is 0 Å². The third kappa shape index (κ3) is 24.7. The van der Waals surface area contributed by atoms with Crippen LogP contribution in [0.2, 0.25) is 0 Å². The van der Waals surface area contributed by atoms with Crippen molar-refractivity contribution >= 4 is 100 Å². The molecule has 4 fully saturated rings. The van der Waals surface area contributed by atoms with Gasteiger partial charge in [-0.2, -0.15) is 0 Å². The summed E-state index contributed by atoms with van der Waals surface area (Å²) in [6, 6.07) is -0.480. The van der Waals surface area contributed by atoms with Crippen LogP contribution in [-0.4, -0.2) is 236 Å². The normalized spacial score (nSPS) is 19.0. The Hall–Kier alpha value is -10.8. The van der Waals surface area contributed by atoms with Gasteiger partial charge in [0.15, 0.2) is 0 Å². The first-order valence-corrected chi connectivity index (χ1v) is 34.8. The molecule has 4 aliphatic rings. The van der Waals surface area contributed by atoms with Crippen LogP contribution in [0.5, 0.6) is 5.75 Å². The topological polar surface area (TPSA) is 570 Å². The molecule has 11 unspecified atom stereocenters. The van der Waals surface area contributed by atoms with Crippen LogP contribution in [0.25, 0.3) is 0 Å². The van der Waals surface area contributed by atoms with Gasteiger partial charge in [-0.1, -0.05) is 56.3 Å². The standard InChI is InChI=1S/C68H97N17O19/c1-37(2)32-41(69)58(93)74-35-56(91)76-42(20-24-52(70)87)59(94)75-36-57(92)77-44(22-26-54(72)89)64(99)82-28-6-12-48(82)62(97)80-46(33-38-10-4-3-5-11-38)66(101)85-31-9-15-51(85)67(102)84-30-8-14-50(84)61(96)78-43(21-25-53(71)88)60(95)79-45(23-27-55(73)90)65(100)83-29-7-13-49(83)63(98)81-47(68(103)104)34-39-16-18-40(86)19-17-39/h3-5,10-11,16-19,37,41-51,86H,6-9,12-15,20-36,69H2,1-2H3,(H2,70,87)(H2,71,88)(H2,72,89)(H2,73,90)(H,74,93)(H,75,94)(H,76,91)(H,77,92)(H,78,96)(H,79,95)(H,80,97)(H,81,98)(H,103,104). The molecule has 568 valence electrons. The number of aliphatic carboxylic acids is 1. The van der Waals surface area contributed by atoms with E-state index in [1.165, 1.54) is 39.0 Å². The lowest BCUT2D eigenvalue weighted by Gasteiger charge is -2.34. The first-order valence-electron chi connectivity index (χ1n) is 34.8. The van der Waals surface area contributed by atoms with E-state index in [4.69, 9.17) is 28.7 Å². The lowest BCUT2D eigenvalue weighted by Crippen LogP contribution is -2.60. The van der Waals surface area contributed by atoms with Crippen molar-refractivity contribution in [2.75, 3.05) is 39.3 Å². The van der Waals surface area contributed by atoms with Crippen LogP contribution in [0.15, 0.2) is 54.6 Å². The number of rotatable bonds is 39. The molecule has 4 heterocycles. The number of carboxylic acid groups (broad SMARTS) is 1. The van der Waals surface area contributed by atoms with E-state index in [9.17, 15) is 86.9 Å². The maximum absolute atomic E-state index is 15.1. The predicted molar refractivity (Wildman–Crippen MR) is 367 cm³/mol. The predicted octanol–water partition coefficient (Wildman–Crippen LogP) is -5.20. The molecule has 36 heteroatoms. The van der Waals surface area contributed by atoms with E-state index in [1.54, 1.807) is 30.3 Å². The number of nitrogens with one attached hydrogen (secondary N) is 8. The minimum Gasteiger partial charge on any atom is -0.508 e. The van der Waals surface area contributed by atoms with Crippen molar-refractivity contribution in [1.82, 2.24) is 62.1 Å². The summed E-state index contributed by atoms with van der Waals surface area (Å²) >= 11 is 0. The van der Waals surface area contributed by atoms with E-state index in [0.29, 0.717) is 24.0 Å². The van der Waals surface area contributed by atoms with Crippen molar-refractivity contribution in [3.8, 4) is 5.75 Å². The summed E-state index contributed by atoms with van der Waals surface area (Å²) in [4.78, 5) is 234. The average molecular weight is 1460 g/mol. The molecular weight excluding hydrogens is 1360 g/mol. The first-order chi connectivity index (χ1) is 49.3. The molecule has 20 N–H and O–H groups in total. The van der Waals surface area contributed by atoms with E-state index in [1.807, 2.05) is 13.8 Å². The molecule has 0 radical (unpaired) electrons. The van der Waals surface area contributed by atoms with Gasteiger partial charge in [-0.3, -0.25) is 76.7 Å². The van der Waals surface area contributed by atoms with Crippen molar-refractivity contribution < 1.29 is 91.7 Å². The number of nitrogens with two attached hydrogens (primary N) is 5. The second kappa shape index (κ2) is 39.6. The summed E-state index contributed by atoms with van der Waals surface area (Å²) in [6.45, 7) is 2.34. The highest BCUT2D eigenvalue weighted by Crippen LogP contribution is 2.28. The van der Waals surface area contributed by atoms with Gasteiger partial charge in [0, 0.05) is 64.7 Å². The Morgan fingerprint density at radius 2 is 0.798 bits per heavy atom. The Bertz CT molecular complexity index is 3490. The molecule has 2 aromatic rings. The zero-order valence-electron chi connectivity index (χ0n) is 58.3. The Balaban J connectivity index is 1.13. The summed E-state index contributed by atoms with van der Waals surface area (Å²) in [5, 5.41) is 39.7. The number of phenols is 1. The minimum absolute atomic E-state index is 0.0164. The number of hydrogen-bond donors (Lipinski definition) is 15. The van der Waals surface area contributed by atoms with Crippen molar-refractivity contribution in [3.63, 3.8) is 0 Å². The van der Waals surface area contributed by atoms with Crippen molar-refractivity contribution in [3.05, 3.63) is 65.7 Å². The fourth-order valence-electron chi connectivity index (χ4n) is 13.1. The van der Waals surface area contributed by atoms with Gasteiger partial charge in [0.05, 0.1) is 19.1 Å². The fourth-order valence-corrected chi connectivity index (χ4v) is 13.1. The molecule has 11 atom stereocenters. The SMILES string of the molecule is CC(C)CC(N)C(=O)NCC(=O)NC(CCC(N)=O)C(=O)NCC(=O)NC(CCC(N)=O)C(=O)N1CCCC1C(=O)NC(Cc1ccccc1)C(=O)N1CCCC1C(=O)N1CCCC1C(=O)NC(CCC(N)=O)C(=O)NC(CCC(N)=O)C(=O)N1CCCC1C(=O)NC(Cc1ccc(O)cc1)C(=O)O. The molecule has 16 amide bonds. The maximum Gasteiger partial charge on any atom is 0.326 e. The Morgan fingerprint density at radius 1 is 0.433 bits per heavy atom. The summed E-state index contributed by atoms with van der Waals surface area (Å²) < 4.78 is 0. The van der Waals surface area contributed by atoms with Crippen molar-refractivity contribution in [2.24, 2.45) is 34.6 Å². The lowest BCUT2D eigenvalue weighted by atomic mass is 10.0. The molecule has 6 rings (SSSR count). The molecule has 0 spiro atoms. The van der Waals surface area contributed by atoms with Crippen LogP contribution in [0.1, 0.15) is 134 Å². The van der Waals surface area contributed by atoms with E-state index in [0.717, 1.165) is 4.90 Å². The summed E-state index contributed by atoms with van der Waals surface area (Å²) in [5.74, 6) is -14.6. The lowest BCUT2D eigenvalue weighted by molar-refractivity contribution is -0.148. The Morgan fingerprint density at radius 3 is 1.27 bits per heavy atom. The summed E-state index contributed by atoms with van der Waals surface area (Å²) in [7, 11) is 0. The van der Waals surface area contributed by atoms with E-state index in [-0.39, 0.29) is 121 Å². The molecule has 4 saturated heterocycles. The van der Waals surface area contributed by atoms with Gasteiger partial charge in [0.2, 0.25) is 94.5 Å². The van der Waals surface area contributed by atoms with Crippen LogP contribution in [0, 0.1) is 5.92 Å². The number of hydrogen-bond acceptors (Lipinski definition) is 19. The average Bonchev–Trinajstić information content (AvgIpc) is 1.63. The van der Waals surface area contributed by atoms with Crippen LogP contribution in [-0.2, 0) is 94.3 Å². The zero-order chi connectivity index (χ0) is 76.5. The van der Waals surface area contributed by atoms with Crippen LogP contribution < -0.4 is 71.2 Å². The van der Waals surface area contributed by atoms with Gasteiger partial charge in [-0.05, 0) is 113 Å². The number of primary amides is 4. The molecule has 0 aliphatic carbocycles. The molecule has 0 aromatic heterocycles. The third-order valence-corrected chi connectivity index (χ3v) is 18.4. The minimum atomic E-state index is -1.60. The molecule has 2 aromatic carbocycles. The highest BCUT2D eigenvalue weighted by atomic mass is 16.4. The Labute approximate surface area is 599 Å². The van der Waals surface area contributed by atoms with Crippen LogP contribution in [0.3, 0.4) is 0 Å². The zero-order valence-corrected chi connectivity index (χ0v) is 58.3. The second-order valence-corrected chi connectivity index (χ2v) is 26.8. The summed E-state index contributed by atoms with van der Waals surface area (Å²) in [5.41, 5.74) is 28.7. The number of carboxylic acids is 1. The monoisotopic (exact) mass is 1460 g/mol. The van der Waals surface area contributed by atoms with E-state index >= 15 is 4.79 Å². The maximum atomic E-state index is 15.1. The number of benzene rings is 2. The first kappa shape index (κ1) is 82.1. The number of phenolic OH excluding ortho intramolecular Hbond substituents is 1. The van der Waals surface area contributed by atoms with Gasteiger partial charge < -0.3 is 101 Å². The highest BCUT2D eigenvalue weighted by molar-refractivity contribution is 6.00. The largest absolute Gasteiger partial charge is 0.508 e. The van der Waals surface area contributed by atoms with E-state index < -0.39 is 206 Å².